The Balaban J connectivity index is 1.15. The third-order valence-corrected chi connectivity index (χ3v) is 8.47. The van der Waals surface area contributed by atoms with Crippen LogP contribution < -0.4 is 9.47 Å². The molecule has 1 N–H and O–H groups in total. The zero-order valence-corrected chi connectivity index (χ0v) is 23.7. The molecule has 4 heterocycles. The topological polar surface area (TPSA) is 86.0 Å². The first kappa shape index (κ1) is 27.5. The summed E-state index contributed by atoms with van der Waals surface area (Å²) >= 11 is 0. The lowest BCUT2D eigenvalue weighted by Crippen LogP contribution is -2.35. The molecule has 0 radical (unpaired) electrons. The molecule has 2 aromatic carbocycles. The second-order valence-corrected chi connectivity index (χ2v) is 11.5. The summed E-state index contributed by atoms with van der Waals surface area (Å²) in [5.74, 6) is 0.0519. The first-order valence-corrected chi connectivity index (χ1v) is 14.3. The van der Waals surface area contributed by atoms with Crippen LogP contribution in [-0.4, -0.2) is 51.3 Å². The summed E-state index contributed by atoms with van der Waals surface area (Å²) in [5, 5.41) is 9.36. The van der Waals surface area contributed by atoms with E-state index in [-0.39, 0.29) is 23.4 Å². The largest absolute Gasteiger partial charge is 0.478 e. The summed E-state index contributed by atoms with van der Waals surface area (Å²) < 4.78 is 35.2. The number of piperidine rings is 1. The number of likely N-dealkylation sites (tertiary alicyclic amines) is 1. The summed E-state index contributed by atoms with van der Waals surface area (Å²) in [7, 11) is 0. The van der Waals surface area contributed by atoms with Gasteiger partial charge in [-0.05, 0) is 82.0 Å². The maximum Gasteiger partial charge on any atom is 0.331 e. The van der Waals surface area contributed by atoms with Crippen LogP contribution in [-0.2, 0) is 28.4 Å². The van der Waals surface area contributed by atoms with Crippen LogP contribution in [0, 0.1) is 12.7 Å². The number of carboxylic acid groups (broad SMARTS) is 1. The molecule has 3 aliphatic rings. The number of aryl methyl sites for hydroxylation is 1. The fraction of sp³-hybridized carbons (Fsp3) is 0.438. The van der Waals surface area contributed by atoms with Gasteiger partial charge in [0.1, 0.15) is 11.6 Å². The second kappa shape index (κ2) is 10.9. The zero-order valence-electron chi connectivity index (χ0n) is 23.7. The molecule has 216 valence electrons. The minimum absolute atomic E-state index is 0.132. The van der Waals surface area contributed by atoms with E-state index < -0.39 is 11.8 Å². The van der Waals surface area contributed by atoms with E-state index in [1.807, 2.05) is 25.1 Å². The summed E-state index contributed by atoms with van der Waals surface area (Å²) in [6, 6.07) is 11.1. The number of hydrogen-bond acceptors (Lipinski definition) is 6. The van der Waals surface area contributed by atoms with E-state index in [1.165, 1.54) is 6.07 Å². The van der Waals surface area contributed by atoms with Crippen molar-refractivity contribution in [2.24, 2.45) is 0 Å². The van der Waals surface area contributed by atoms with Crippen molar-refractivity contribution >= 4 is 12.0 Å². The Morgan fingerprint density at radius 1 is 1.20 bits per heavy atom. The molecule has 2 atom stereocenters. The number of benzene rings is 2. The molecule has 8 nitrogen and oxygen atoms in total. The molecule has 0 bridgehead atoms. The molecule has 0 unspecified atom stereocenters. The van der Waals surface area contributed by atoms with Crippen LogP contribution in [0.25, 0.3) is 6.08 Å². The summed E-state index contributed by atoms with van der Waals surface area (Å²) in [6.45, 7) is 9.09. The van der Waals surface area contributed by atoms with Gasteiger partial charge in [0.15, 0.2) is 11.5 Å². The Kier molecular flexibility index (Phi) is 7.34. The average molecular weight is 562 g/mol. The van der Waals surface area contributed by atoms with Crippen LogP contribution in [0.15, 0.2) is 48.2 Å². The van der Waals surface area contributed by atoms with Gasteiger partial charge >= 0.3 is 5.97 Å². The molecule has 0 spiro atoms. The Morgan fingerprint density at radius 2 is 1.98 bits per heavy atom. The van der Waals surface area contributed by atoms with Gasteiger partial charge in [-0.3, -0.25) is 4.90 Å². The third kappa shape index (κ3) is 5.48. The van der Waals surface area contributed by atoms with Crippen LogP contribution in [0.2, 0.25) is 0 Å². The van der Waals surface area contributed by atoms with Gasteiger partial charge in [-0.1, -0.05) is 18.2 Å². The molecule has 0 saturated carbocycles. The predicted molar refractivity (Wildman–Crippen MR) is 151 cm³/mol. The number of carboxylic acids is 1. The average Bonchev–Trinajstić information content (AvgIpc) is 3.46. The van der Waals surface area contributed by atoms with E-state index in [0.717, 1.165) is 61.6 Å². The molecule has 6 rings (SSSR count). The monoisotopic (exact) mass is 561 g/mol. The summed E-state index contributed by atoms with van der Waals surface area (Å²) in [6.07, 6.45) is 6.43. The molecule has 3 aromatic rings. The predicted octanol–water partition coefficient (Wildman–Crippen LogP) is 5.63. The lowest BCUT2D eigenvalue weighted by atomic mass is 9.88. The SMILES string of the molecule is C/C(=C\c1cnc(CN2CCC(c3cccc4c3O[C@](C)(c3ccc(C)cc3F)O4)CC2)n1C[C@@H]1CCO1)C(=O)O. The van der Waals surface area contributed by atoms with Gasteiger partial charge < -0.3 is 23.9 Å². The van der Waals surface area contributed by atoms with E-state index in [1.54, 1.807) is 32.2 Å². The van der Waals surface area contributed by atoms with E-state index in [0.29, 0.717) is 30.2 Å². The molecule has 9 heteroatoms. The number of halogens is 1. The van der Waals surface area contributed by atoms with Crippen molar-refractivity contribution in [3.05, 3.63) is 82.2 Å². The molecule has 2 fully saturated rings. The molecule has 3 aliphatic heterocycles. The molecular weight excluding hydrogens is 525 g/mol. The number of ether oxygens (including phenoxy) is 3. The quantitative estimate of drug-likeness (QED) is 0.357. The summed E-state index contributed by atoms with van der Waals surface area (Å²) in [4.78, 5) is 18.5. The van der Waals surface area contributed by atoms with Crippen molar-refractivity contribution in [3.8, 4) is 11.5 Å². The molecule has 41 heavy (non-hydrogen) atoms. The lowest BCUT2D eigenvalue weighted by Gasteiger charge is -2.33. The van der Waals surface area contributed by atoms with Gasteiger partial charge in [0.2, 0.25) is 0 Å². The summed E-state index contributed by atoms with van der Waals surface area (Å²) in [5.41, 5.74) is 3.39. The molecule has 1 aromatic heterocycles. The maximum absolute atomic E-state index is 14.9. The number of para-hydroxylation sites is 1. The van der Waals surface area contributed by atoms with Crippen molar-refractivity contribution in [2.75, 3.05) is 19.7 Å². The highest BCUT2D eigenvalue weighted by Gasteiger charge is 2.43. The normalized spacial score (nSPS) is 23.0. The first-order chi connectivity index (χ1) is 19.7. The lowest BCUT2D eigenvalue weighted by molar-refractivity contribution is -0.132. The van der Waals surface area contributed by atoms with Gasteiger partial charge in [0.25, 0.3) is 5.79 Å². The van der Waals surface area contributed by atoms with Crippen LogP contribution >= 0.6 is 0 Å². The van der Waals surface area contributed by atoms with Gasteiger partial charge in [-0.2, -0.15) is 0 Å². The van der Waals surface area contributed by atoms with Crippen molar-refractivity contribution in [3.63, 3.8) is 0 Å². The molecular formula is C32H36FN3O5. The van der Waals surface area contributed by atoms with Crippen LogP contribution in [0.1, 0.15) is 67.2 Å². The number of aliphatic carboxylic acids is 1. The number of rotatable bonds is 8. The number of aromatic nitrogens is 2. The van der Waals surface area contributed by atoms with Crippen molar-refractivity contribution < 1.29 is 28.5 Å². The minimum Gasteiger partial charge on any atom is -0.478 e. The maximum atomic E-state index is 14.9. The van der Waals surface area contributed by atoms with Gasteiger partial charge in [-0.25, -0.2) is 14.2 Å². The zero-order chi connectivity index (χ0) is 28.7. The van der Waals surface area contributed by atoms with Gasteiger partial charge in [0.05, 0.1) is 36.6 Å². The number of imidazole rings is 1. The van der Waals surface area contributed by atoms with Crippen molar-refractivity contribution in [2.45, 2.75) is 70.9 Å². The number of nitrogens with zero attached hydrogens (tertiary/aromatic N) is 3. The van der Waals surface area contributed by atoms with E-state index in [4.69, 9.17) is 14.2 Å². The van der Waals surface area contributed by atoms with Crippen molar-refractivity contribution in [1.29, 1.82) is 0 Å². The highest BCUT2D eigenvalue weighted by molar-refractivity contribution is 5.91. The van der Waals surface area contributed by atoms with Crippen LogP contribution in [0.4, 0.5) is 4.39 Å². The van der Waals surface area contributed by atoms with Crippen LogP contribution in [0.5, 0.6) is 11.5 Å². The highest BCUT2D eigenvalue weighted by atomic mass is 19.1. The fourth-order valence-electron chi connectivity index (χ4n) is 5.97. The van der Waals surface area contributed by atoms with Gasteiger partial charge in [-0.15, -0.1) is 0 Å². The Morgan fingerprint density at radius 3 is 2.66 bits per heavy atom. The number of hydrogen-bond donors (Lipinski definition) is 1. The Bertz CT molecular complexity index is 1490. The second-order valence-electron chi connectivity index (χ2n) is 11.5. The molecule has 0 aliphatic carbocycles. The Labute approximate surface area is 239 Å². The standard InChI is InChI=1S/C32H36FN3O5/c1-20-7-8-26(27(33)15-20)32(3)40-28-6-4-5-25(30(28)41-32)22-9-12-35(13-10-22)19-29-34-17-23(16-21(2)31(37)38)36(29)18-24-11-14-39-24/h4-8,15-17,22,24H,9-14,18-19H2,1-3H3,(H,37,38)/b21-16+/t24-,32+/m0/s1. The van der Waals surface area contributed by atoms with E-state index in [2.05, 4.69) is 20.5 Å². The highest BCUT2D eigenvalue weighted by Crippen LogP contribution is 2.49. The van der Waals surface area contributed by atoms with Crippen molar-refractivity contribution in [1.82, 2.24) is 14.5 Å². The smallest absolute Gasteiger partial charge is 0.331 e. The van der Waals surface area contributed by atoms with Gasteiger partial charge in [0, 0.05) is 24.7 Å². The number of fused-ring (bicyclic) bond motifs is 1. The number of carbonyl (C=O) groups is 1. The molecule has 2 saturated heterocycles. The fourth-order valence-corrected chi connectivity index (χ4v) is 5.97. The third-order valence-electron chi connectivity index (χ3n) is 8.47. The minimum atomic E-state index is -1.22. The van der Waals surface area contributed by atoms with Crippen LogP contribution in [0.3, 0.4) is 0 Å². The van der Waals surface area contributed by atoms with E-state index in [9.17, 15) is 14.3 Å². The molecule has 0 amide bonds. The van der Waals surface area contributed by atoms with E-state index >= 15 is 0 Å². The Hall–Kier alpha value is -3.69. The first-order valence-electron chi connectivity index (χ1n) is 14.3.